The molecule has 178 valence electrons. The number of benzene rings is 4. The van der Waals surface area contributed by atoms with E-state index in [1.54, 1.807) is 11.9 Å². The van der Waals surface area contributed by atoms with Crippen molar-refractivity contribution in [2.75, 3.05) is 11.9 Å². The Morgan fingerprint density at radius 3 is 1.92 bits per heavy atom. The van der Waals surface area contributed by atoms with Crippen molar-refractivity contribution in [1.29, 1.82) is 0 Å². The van der Waals surface area contributed by atoms with E-state index in [4.69, 9.17) is 0 Å². The average molecular weight is 476 g/mol. The van der Waals surface area contributed by atoms with Crippen molar-refractivity contribution in [3.63, 3.8) is 0 Å². The number of benzodiazepines with no additional fused rings is 1. The maximum Gasteiger partial charge on any atom is 0.320 e. The van der Waals surface area contributed by atoms with Gasteiger partial charge in [0.05, 0.1) is 17.3 Å². The first-order valence-corrected chi connectivity index (χ1v) is 11.8. The molecule has 0 saturated carbocycles. The van der Waals surface area contributed by atoms with Crippen molar-refractivity contribution >= 4 is 23.3 Å². The van der Waals surface area contributed by atoms with Gasteiger partial charge < -0.3 is 10.2 Å². The van der Waals surface area contributed by atoms with Crippen LogP contribution in [0.3, 0.4) is 0 Å². The molecule has 0 fully saturated rings. The minimum absolute atomic E-state index is 0.264. The van der Waals surface area contributed by atoms with Gasteiger partial charge in [-0.25, -0.2) is 9.79 Å². The van der Waals surface area contributed by atoms with Crippen molar-refractivity contribution in [3.05, 3.63) is 138 Å². The molecule has 6 heteroatoms. The Labute approximate surface area is 210 Å². The first-order chi connectivity index (χ1) is 17.6. The van der Waals surface area contributed by atoms with Gasteiger partial charge in [0.2, 0.25) is 5.71 Å². The third kappa shape index (κ3) is 4.74. The molecule has 4 aromatic carbocycles. The molecule has 6 nitrogen and oxygen atoms in total. The zero-order valence-electron chi connectivity index (χ0n) is 19.9. The molecule has 1 heterocycles. The lowest BCUT2D eigenvalue weighted by atomic mass is 9.99. The predicted octanol–water partition coefficient (Wildman–Crippen LogP) is 3.00. The van der Waals surface area contributed by atoms with E-state index < -0.39 is 12.2 Å². The summed E-state index contributed by atoms with van der Waals surface area (Å²) < 4.78 is 0. The van der Waals surface area contributed by atoms with Crippen LogP contribution in [0.4, 0.5) is 10.5 Å². The number of para-hydroxylation sites is 1. The molecule has 1 aliphatic rings. The molecule has 3 N–H and O–H groups in total. The van der Waals surface area contributed by atoms with Gasteiger partial charge in [0.15, 0.2) is 0 Å². The second-order valence-corrected chi connectivity index (χ2v) is 8.60. The number of rotatable bonds is 5. The van der Waals surface area contributed by atoms with Gasteiger partial charge in [-0.2, -0.15) is 0 Å². The Morgan fingerprint density at radius 1 is 0.778 bits per heavy atom. The SMILES string of the molecule is CN1C(=O)C(NC(=O)NC(c2ccccc2)c2ccccc2)[NH+]=C(c2ccccc2)c2ccccc21. The van der Waals surface area contributed by atoms with Gasteiger partial charge in [0, 0.05) is 12.6 Å². The van der Waals surface area contributed by atoms with E-state index in [1.165, 1.54) is 0 Å². The fourth-order valence-electron chi connectivity index (χ4n) is 4.47. The van der Waals surface area contributed by atoms with Crippen LogP contribution in [0.15, 0.2) is 115 Å². The highest BCUT2D eigenvalue weighted by Gasteiger charge is 2.36. The van der Waals surface area contributed by atoms with E-state index >= 15 is 0 Å². The number of carbonyl (C=O) groups is 2. The number of nitrogens with one attached hydrogen (secondary N) is 3. The number of hydrogen-bond donors (Lipinski definition) is 3. The van der Waals surface area contributed by atoms with Gasteiger partial charge >= 0.3 is 18.1 Å². The van der Waals surface area contributed by atoms with Crippen LogP contribution < -0.4 is 20.5 Å². The number of likely N-dealkylation sites (N-methyl/N-ethyl adjacent to an activating group) is 1. The van der Waals surface area contributed by atoms with Crippen LogP contribution in [0.5, 0.6) is 0 Å². The highest BCUT2D eigenvalue weighted by atomic mass is 16.2. The molecule has 3 amide bonds. The van der Waals surface area contributed by atoms with Crippen molar-refractivity contribution in [2.45, 2.75) is 12.2 Å². The van der Waals surface area contributed by atoms with Gasteiger partial charge in [0.25, 0.3) is 0 Å². The van der Waals surface area contributed by atoms with Crippen molar-refractivity contribution in [2.24, 2.45) is 0 Å². The molecular formula is C30H27N4O2+. The molecule has 36 heavy (non-hydrogen) atoms. The van der Waals surface area contributed by atoms with Crippen LogP contribution in [0, 0.1) is 0 Å². The van der Waals surface area contributed by atoms with Crippen LogP contribution in [0.2, 0.25) is 0 Å². The standard InChI is InChI=1S/C30H26N4O2/c1-34-25-20-12-11-19-24(25)27(23-17-9-4-10-18-23)31-28(29(34)35)33-30(36)32-26(21-13-5-2-6-14-21)22-15-7-3-8-16-22/h2-20,26,28H,1H3,(H2,32,33,36)/p+1. The monoisotopic (exact) mass is 475 g/mol. The topological polar surface area (TPSA) is 75.4 Å². The minimum Gasteiger partial charge on any atom is -0.327 e. The second kappa shape index (κ2) is 10.3. The summed E-state index contributed by atoms with van der Waals surface area (Å²) in [5.41, 5.74) is 5.24. The molecule has 1 unspecified atom stereocenters. The van der Waals surface area contributed by atoms with Crippen molar-refractivity contribution < 1.29 is 14.6 Å². The predicted molar refractivity (Wildman–Crippen MR) is 141 cm³/mol. The van der Waals surface area contributed by atoms with Crippen LogP contribution in [-0.2, 0) is 4.79 Å². The van der Waals surface area contributed by atoms with E-state index in [0.717, 1.165) is 33.7 Å². The zero-order valence-corrected chi connectivity index (χ0v) is 19.9. The molecule has 1 aliphatic heterocycles. The van der Waals surface area contributed by atoms with Crippen molar-refractivity contribution in [3.8, 4) is 0 Å². The minimum atomic E-state index is -0.968. The molecule has 0 radical (unpaired) electrons. The first kappa shape index (κ1) is 23.1. The molecule has 0 spiro atoms. The maximum absolute atomic E-state index is 13.5. The number of nitrogens with zero attached hydrogens (tertiary/aromatic N) is 1. The number of anilines is 1. The van der Waals surface area contributed by atoms with Crippen LogP contribution in [0.1, 0.15) is 28.3 Å². The summed E-state index contributed by atoms with van der Waals surface area (Å²) in [4.78, 5) is 31.6. The third-order valence-electron chi connectivity index (χ3n) is 6.28. The third-order valence-corrected chi connectivity index (χ3v) is 6.28. The molecule has 5 rings (SSSR count). The fraction of sp³-hybridized carbons (Fsp3) is 0.100. The number of hydrogen-bond acceptors (Lipinski definition) is 2. The summed E-state index contributed by atoms with van der Waals surface area (Å²) in [6.07, 6.45) is -0.968. The van der Waals surface area contributed by atoms with Gasteiger partial charge in [-0.1, -0.05) is 91.0 Å². The summed E-state index contributed by atoms with van der Waals surface area (Å²) >= 11 is 0. The number of amides is 3. The highest BCUT2D eigenvalue weighted by Crippen LogP contribution is 2.24. The summed E-state index contributed by atoms with van der Waals surface area (Å²) in [6, 6.07) is 36.2. The number of carbonyl (C=O) groups excluding carboxylic acids is 2. The molecule has 4 aromatic rings. The lowest BCUT2D eigenvalue weighted by molar-refractivity contribution is -0.490. The maximum atomic E-state index is 13.5. The molecular weight excluding hydrogens is 448 g/mol. The Morgan fingerprint density at radius 2 is 1.31 bits per heavy atom. The molecule has 0 saturated heterocycles. The van der Waals surface area contributed by atoms with Gasteiger partial charge in [-0.15, -0.1) is 0 Å². The first-order valence-electron chi connectivity index (χ1n) is 11.8. The summed E-state index contributed by atoms with van der Waals surface area (Å²) in [5, 5.41) is 5.93. The molecule has 0 bridgehead atoms. The van der Waals surface area contributed by atoms with Gasteiger partial charge in [0.1, 0.15) is 0 Å². The molecule has 0 aromatic heterocycles. The van der Waals surface area contributed by atoms with E-state index in [9.17, 15) is 9.59 Å². The molecule has 1 atom stereocenters. The van der Waals surface area contributed by atoms with E-state index in [2.05, 4.69) is 15.6 Å². The molecule has 0 aliphatic carbocycles. The zero-order chi connectivity index (χ0) is 24.9. The lowest BCUT2D eigenvalue weighted by Crippen LogP contribution is -2.87. The summed E-state index contributed by atoms with van der Waals surface area (Å²) in [5.74, 6) is -0.264. The highest BCUT2D eigenvalue weighted by molar-refractivity contribution is 6.16. The van der Waals surface area contributed by atoms with E-state index in [1.807, 2.05) is 115 Å². The largest absolute Gasteiger partial charge is 0.327 e. The number of urea groups is 1. The van der Waals surface area contributed by atoms with Gasteiger partial charge in [-0.3, -0.25) is 10.1 Å². The average Bonchev–Trinajstić information content (AvgIpc) is 3.04. The van der Waals surface area contributed by atoms with Crippen LogP contribution in [-0.4, -0.2) is 30.9 Å². The van der Waals surface area contributed by atoms with Crippen molar-refractivity contribution in [1.82, 2.24) is 10.6 Å². The Kier molecular flexibility index (Phi) is 6.58. The van der Waals surface area contributed by atoms with Crippen LogP contribution in [0.25, 0.3) is 0 Å². The quantitative estimate of drug-likeness (QED) is 0.415. The fourth-order valence-corrected chi connectivity index (χ4v) is 4.47. The Hall–Kier alpha value is -4.71. The smallest absolute Gasteiger partial charge is 0.320 e. The Balaban J connectivity index is 1.47. The normalized spacial score (nSPS) is 15.1. The van der Waals surface area contributed by atoms with Gasteiger partial charge in [-0.05, 0) is 35.4 Å². The summed E-state index contributed by atoms with van der Waals surface area (Å²) in [7, 11) is 1.72. The second-order valence-electron chi connectivity index (χ2n) is 8.60. The van der Waals surface area contributed by atoms with Crippen LogP contribution >= 0.6 is 0 Å². The Bertz CT molecular complexity index is 1350. The van der Waals surface area contributed by atoms with E-state index in [0.29, 0.717) is 0 Å². The summed E-state index contributed by atoms with van der Waals surface area (Å²) in [6.45, 7) is 0. The number of fused-ring (bicyclic) bond motifs is 1. The van der Waals surface area contributed by atoms with E-state index in [-0.39, 0.29) is 11.9 Å². The lowest BCUT2D eigenvalue weighted by Gasteiger charge is -2.22.